The molecular formula is C11H13ClN2O3. The van der Waals surface area contributed by atoms with E-state index >= 15 is 0 Å². The van der Waals surface area contributed by atoms with Gasteiger partial charge in [0.2, 0.25) is 0 Å². The Balaban J connectivity index is 2.87. The first-order chi connectivity index (χ1) is 8.04. The fourth-order valence-electron chi connectivity index (χ4n) is 1.40. The maximum Gasteiger partial charge on any atom is 0.323 e. The van der Waals surface area contributed by atoms with Gasteiger partial charge in [-0.25, -0.2) is 4.98 Å². The summed E-state index contributed by atoms with van der Waals surface area (Å²) < 4.78 is 0. The molecule has 0 saturated heterocycles. The van der Waals surface area contributed by atoms with Gasteiger partial charge in [0.05, 0.1) is 0 Å². The lowest BCUT2D eigenvalue weighted by Crippen LogP contribution is -2.36. The summed E-state index contributed by atoms with van der Waals surface area (Å²) in [5.74, 6) is -1.38. The summed E-state index contributed by atoms with van der Waals surface area (Å²) in [6.45, 7) is 1.96. The van der Waals surface area contributed by atoms with Gasteiger partial charge in [0, 0.05) is 18.3 Å². The molecule has 1 aromatic heterocycles. The van der Waals surface area contributed by atoms with Crippen LogP contribution < -0.4 is 0 Å². The molecule has 0 aliphatic rings. The molecule has 1 aromatic rings. The third-order valence-electron chi connectivity index (χ3n) is 2.08. The summed E-state index contributed by atoms with van der Waals surface area (Å²) in [5.41, 5.74) is 0.347. The number of aliphatic carboxylic acids is 1. The smallest absolute Gasteiger partial charge is 0.323 e. The Morgan fingerprint density at radius 2 is 2.24 bits per heavy atom. The highest BCUT2D eigenvalue weighted by atomic mass is 35.5. The Hall–Kier alpha value is -1.62. The van der Waals surface area contributed by atoms with Crippen LogP contribution >= 0.6 is 11.6 Å². The van der Waals surface area contributed by atoms with Gasteiger partial charge in [0.1, 0.15) is 11.7 Å². The van der Waals surface area contributed by atoms with Crippen LogP contribution in [0, 0.1) is 0 Å². The molecule has 0 bridgehead atoms. The highest BCUT2D eigenvalue weighted by Gasteiger charge is 2.17. The number of nitrogens with zero attached hydrogens (tertiary/aromatic N) is 2. The number of pyridine rings is 1. The highest BCUT2D eigenvalue weighted by molar-refractivity contribution is 6.29. The number of hydrogen-bond acceptors (Lipinski definition) is 3. The maximum absolute atomic E-state index is 12.0. The molecule has 1 amide bonds. The van der Waals surface area contributed by atoms with E-state index in [4.69, 9.17) is 16.7 Å². The third kappa shape index (κ3) is 4.03. The zero-order valence-electron chi connectivity index (χ0n) is 9.39. The molecule has 0 fully saturated rings. The maximum atomic E-state index is 12.0. The summed E-state index contributed by atoms with van der Waals surface area (Å²) >= 11 is 5.68. The lowest BCUT2D eigenvalue weighted by atomic mass is 10.2. The van der Waals surface area contributed by atoms with Crippen molar-refractivity contribution in [2.45, 2.75) is 13.3 Å². The van der Waals surface area contributed by atoms with Gasteiger partial charge in [0.15, 0.2) is 0 Å². The number of carboxylic acids is 1. The minimum atomic E-state index is -1.04. The standard InChI is InChI=1S/C11H13ClN2O3/c1-2-5-14(7-10(15)16)11(17)8-3-4-13-9(12)6-8/h3-4,6H,2,5,7H2,1H3,(H,15,16). The molecule has 0 atom stereocenters. The zero-order chi connectivity index (χ0) is 12.8. The second kappa shape index (κ2) is 6.20. The van der Waals surface area contributed by atoms with Crippen molar-refractivity contribution in [3.8, 4) is 0 Å². The summed E-state index contributed by atoms with van der Waals surface area (Å²) in [6.07, 6.45) is 2.11. The molecule has 1 N–H and O–H groups in total. The van der Waals surface area contributed by atoms with Crippen LogP contribution in [0.25, 0.3) is 0 Å². The number of aromatic nitrogens is 1. The lowest BCUT2D eigenvalue weighted by Gasteiger charge is -2.19. The van der Waals surface area contributed by atoms with Crippen LogP contribution in [0.3, 0.4) is 0 Å². The van der Waals surface area contributed by atoms with E-state index in [-0.39, 0.29) is 17.6 Å². The molecular weight excluding hydrogens is 244 g/mol. The number of hydrogen-bond donors (Lipinski definition) is 1. The highest BCUT2D eigenvalue weighted by Crippen LogP contribution is 2.10. The molecule has 5 nitrogen and oxygen atoms in total. The van der Waals surface area contributed by atoms with E-state index < -0.39 is 5.97 Å². The molecule has 0 unspecified atom stereocenters. The van der Waals surface area contributed by atoms with Gasteiger partial charge < -0.3 is 10.0 Å². The van der Waals surface area contributed by atoms with Crippen LogP contribution in [0.5, 0.6) is 0 Å². The lowest BCUT2D eigenvalue weighted by molar-refractivity contribution is -0.137. The van der Waals surface area contributed by atoms with Crippen LogP contribution in [-0.2, 0) is 4.79 Å². The van der Waals surface area contributed by atoms with Crippen molar-refractivity contribution in [2.24, 2.45) is 0 Å². The number of halogens is 1. The largest absolute Gasteiger partial charge is 0.480 e. The first-order valence-electron chi connectivity index (χ1n) is 5.17. The summed E-state index contributed by atoms with van der Waals surface area (Å²) in [5, 5.41) is 8.94. The van der Waals surface area contributed by atoms with Crippen LogP contribution in [0.4, 0.5) is 0 Å². The second-order valence-corrected chi connectivity index (χ2v) is 3.87. The van der Waals surface area contributed by atoms with Crippen molar-refractivity contribution in [1.82, 2.24) is 9.88 Å². The predicted molar refractivity (Wildman–Crippen MR) is 63.1 cm³/mol. The van der Waals surface area contributed by atoms with E-state index in [0.29, 0.717) is 18.5 Å². The molecule has 17 heavy (non-hydrogen) atoms. The topological polar surface area (TPSA) is 70.5 Å². The molecule has 0 aromatic carbocycles. The number of carboxylic acid groups (broad SMARTS) is 1. The van der Waals surface area contributed by atoms with Gasteiger partial charge in [-0.1, -0.05) is 18.5 Å². The number of carbonyl (C=O) groups is 2. The molecule has 92 valence electrons. The van der Waals surface area contributed by atoms with E-state index in [0.717, 1.165) is 0 Å². The summed E-state index contributed by atoms with van der Waals surface area (Å²) in [6, 6.07) is 2.94. The average molecular weight is 257 g/mol. The molecule has 6 heteroatoms. The fourth-order valence-corrected chi connectivity index (χ4v) is 1.58. The SMILES string of the molecule is CCCN(CC(=O)O)C(=O)c1ccnc(Cl)c1. The Kier molecular flexibility index (Phi) is 4.90. The molecule has 1 rings (SSSR count). The number of amides is 1. The predicted octanol–water partition coefficient (Wildman–Crippen LogP) is 1.67. The first kappa shape index (κ1) is 13.4. The summed E-state index contributed by atoms with van der Waals surface area (Å²) in [7, 11) is 0. The minimum absolute atomic E-state index is 0.211. The van der Waals surface area contributed by atoms with Crippen molar-refractivity contribution in [1.29, 1.82) is 0 Å². The number of carbonyl (C=O) groups excluding carboxylic acids is 1. The Morgan fingerprint density at radius 1 is 1.53 bits per heavy atom. The Morgan fingerprint density at radius 3 is 2.76 bits per heavy atom. The average Bonchev–Trinajstić information content (AvgIpc) is 2.27. The molecule has 0 spiro atoms. The minimum Gasteiger partial charge on any atom is -0.480 e. The molecule has 0 saturated carbocycles. The van der Waals surface area contributed by atoms with Gasteiger partial charge in [-0.2, -0.15) is 0 Å². The first-order valence-corrected chi connectivity index (χ1v) is 5.55. The third-order valence-corrected chi connectivity index (χ3v) is 2.29. The van der Waals surface area contributed by atoms with Crippen LogP contribution in [0.2, 0.25) is 5.15 Å². The van der Waals surface area contributed by atoms with E-state index in [1.165, 1.54) is 23.2 Å². The van der Waals surface area contributed by atoms with Gasteiger partial charge >= 0.3 is 5.97 Å². The van der Waals surface area contributed by atoms with Crippen molar-refractivity contribution >= 4 is 23.5 Å². The Bertz CT molecular complexity index is 423. The van der Waals surface area contributed by atoms with Crippen LogP contribution in [-0.4, -0.2) is 40.0 Å². The Labute approximate surface area is 104 Å². The van der Waals surface area contributed by atoms with E-state index in [9.17, 15) is 9.59 Å². The van der Waals surface area contributed by atoms with E-state index in [1.54, 1.807) is 0 Å². The monoisotopic (exact) mass is 256 g/mol. The van der Waals surface area contributed by atoms with E-state index in [2.05, 4.69) is 4.98 Å². The van der Waals surface area contributed by atoms with Gasteiger partial charge in [-0.3, -0.25) is 9.59 Å². The molecule has 0 radical (unpaired) electrons. The molecule has 0 aliphatic carbocycles. The van der Waals surface area contributed by atoms with Crippen molar-refractivity contribution < 1.29 is 14.7 Å². The van der Waals surface area contributed by atoms with Gasteiger partial charge in [-0.15, -0.1) is 0 Å². The van der Waals surface area contributed by atoms with Gasteiger partial charge in [0.25, 0.3) is 5.91 Å². The normalized spacial score (nSPS) is 10.0. The van der Waals surface area contributed by atoms with Gasteiger partial charge in [-0.05, 0) is 18.6 Å². The number of rotatable bonds is 5. The van der Waals surface area contributed by atoms with Crippen molar-refractivity contribution in [3.63, 3.8) is 0 Å². The van der Waals surface area contributed by atoms with Crippen molar-refractivity contribution in [3.05, 3.63) is 29.0 Å². The van der Waals surface area contributed by atoms with Crippen LogP contribution in [0.1, 0.15) is 23.7 Å². The van der Waals surface area contributed by atoms with Crippen molar-refractivity contribution in [2.75, 3.05) is 13.1 Å². The second-order valence-electron chi connectivity index (χ2n) is 3.49. The quantitative estimate of drug-likeness (QED) is 0.814. The fraction of sp³-hybridized carbons (Fsp3) is 0.364. The molecule has 0 aliphatic heterocycles. The summed E-state index contributed by atoms with van der Waals surface area (Å²) in [4.78, 5) is 27.7. The zero-order valence-corrected chi connectivity index (χ0v) is 10.1. The van der Waals surface area contributed by atoms with E-state index in [1.807, 2.05) is 6.92 Å². The van der Waals surface area contributed by atoms with Crippen LogP contribution in [0.15, 0.2) is 18.3 Å². The molecule has 1 heterocycles.